The lowest BCUT2D eigenvalue weighted by Crippen LogP contribution is -2.37. The van der Waals surface area contributed by atoms with Crippen LogP contribution in [0.3, 0.4) is 0 Å². The predicted octanol–water partition coefficient (Wildman–Crippen LogP) is 1.97. The van der Waals surface area contributed by atoms with E-state index in [9.17, 15) is 9.59 Å². The van der Waals surface area contributed by atoms with Crippen LogP contribution in [0, 0.1) is 5.92 Å². The zero-order valence-corrected chi connectivity index (χ0v) is 11.7. The van der Waals surface area contributed by atoms with Crippen molar-refractivity contribution in [3.63, 3.8) is 0 Å². The molecule has 2 amide bonds. The van der Waals surface area contributed by atoms with Crippen molar-refractivity contribution >= 4 is 23.2 Å². The first-order valence-corrected chi connectivity index (χ1v) is 7.10. The lowest BCUT2D eigenvalue weighted by Gasteiger charge is -2.21. The van der Waals surface area contributed by atoms with Gasteiger partial charge in [-0.15, -0.1) is 0 Å². The molecule has 1 heterocycles. The van der Waals surface area contributed by atoms with Gasteiger partial charge in [-0.2, -0.15) is 0 Å². The van der Waals surface area contributed by atoms with Crippen molar-refractivity contribution in [1.29, 1.82) is 0 Å². The maximum Gasteiger partial charge on any atom is 0.228 e. The molecule has 0 aromatic heterocycles. The molecule has 0 spiro atoms. The largest absolute Gasteiger partial charge is 0.326 e. The second kappa shape index (κ2) is 7.05. The Morgan fingerprint density at radius 1 is 1.20 bits per heavy atom. The molecule has 0 saturated carbocycles. The molecule has 1 atom stereocenters. The van der Waals surface area contributed by atoms with Crippen molar-refractivity contribution < 1.29 is 9.59 Å². The molecule has 20 heavy (non-hydrogen) atoms. The highest BCUT2D eigenvalue weighted by Gasteiger charge is 2.20. The van der Waals surface area contributed by atoms with Gasteiger partial charge in [0.2, 0.25) is 11.8 Å². The molecule has 0 aliphatic carbocycles. The molecule has 1 fully saturated rings. The topological polar surface area (TPSA) is 70.2 Å². The van der Waals surface area contributed by atoms with Gasteiger partial charge in [-0.1, -0.05) is 6.92 Å². The third-order valence-corrected chi connectivity index (χ3v) is 3.42. The minimum Gasteiger partial charge on any atom is -0.326 e. The summed E-state index contributed by atoms with van der Waals surface area (Å²) in [6.45, 7) is 3.55. The molecule has 5 heteroatoms. The molecule has 1 unspecified atom stereocenters. The first kappa shape index (κ1) is 14.5. The summed E-state index contributed by atoms with van der Waals surface area (Å²) in [5.74, 6) is 0.0841. The Morgan fingerprint density at radius 2 is 1.85 bits per heavy atom. The van der Waals surface area contributed by atoms with Crippen LogP contribution in [0.2, 0.25) is 0 Å². The van der Waals surface area contributed by atoms with Crippen LogP contribution in [-0.4, -0.2) is 24.9 Å². The quantitative estimate of drug-likeness (QED) is 0.787. The first-order chi connectivity index (χ1) is 9.69. The van der Waals surface area contributed by atoms with Gasteiger partial charge in [-0.05, 0) is 43.7 Å². The van der Waals surface area contributed by atoms with Crippen molar-refractivity contribution in [2.75, 3.05) is 23.7 Å². The number of hydrogen-bond donors (Lipinski definition) is 3. The number of carbonyl (C=O) groups is 2. The minimum atomic E-state index is -0.0185. The van der Waals surface area contributed by atoms with Crippen molar-refractivity contribution in [2.24, 2.45) is 5.92 Å². The van der Waals surface area contributed by atoms with Gasteiger partial charge in [-0.25, -0.2) is 0 Å². The van der Waals surface area contributed by atoms with Crippen LogP contribution in [0.1, 0.15) is 26.2 Å². The molecule has 2 rings (SSSR count). The predicted molar refractivity (Wildman–Crippen MR) is 79.6 cm³/mol. The number of rotatable bonds is 4. The molecule has 0 bridgehead atoms. The van der Waals surface area contributed by atoms with Gasteiger partial charge in [0.1, 0.15) is 0 Å². The Hall–Kier alpha value is -1.88. The molecule has 5 nitrogen and oxygen atoms in total. The highest BCUT2D eigenvalue weighted by molar-refractivity contribution is 5.94. The second-order valence-corrected chi connectivity index (χ2v) is 5.01. The smallest absolute Gasteiger partial charge is 0.228 e. The fourth-order valence-electron chi connectivity index (χ4n) is 2.21. The summed E-state index contributed by atoms with van der Waals surface area (Å²) in [5.41, 5.74) is 1.50. The lowest BCUT2D eigenvalue weighted by atomic mass is 9.99. The third-order valence-electron chi connectivity index (χ3n) is 3.42. The summed E-state index contributed by atoms with van der Waals surface area (Å²) in [5, 5.41) is 8.92. The van der Waals surface area contributed by atoms with E-state index in [0.29, 0.717) is 6.42 Å². The molecule has 3 N–H and O–H groups in total. The summed E-state index contributed by atoms with van der Waals surface area (Å²) >= 11 is 0. The zero-order chi connectivity index (χ0) is 14.4. The Bertz CT molecular complexity index is 465. The van der Waals surface area contributed by atoms with E-state index >= 15 is 0 Å². The average molecular weight is 275 g/mol. The number of nitrogens with one attached hydrogen (secondary N) is 3. The van der Waals surface area contributed by atoms with E-state index in [1.807, 2.05) is 6.92 Å². The number of piperidine rings is 1. The molecule has 0 radical (unpaired) electrons. The van der Waals surface area contributed by atoms with Gasteiger partial charge >= 0.3 is 0 Å². The molecule has 1 aromatic rings. The molecule has 1 aromatic carbocycles. The van der Waals surface area contributed by atoms with Crippen LogP contribution in [0.5, 0.6) is 0 Å². The molecule has 108 valence electrons. The SMILES string of the molecule is CCC(=O)Nc1ccc(NC(=O)C2CCCNC2)cc1. The number of amides is 2. The maximum atomic E-state index is 12.1. The fraction of sp³-hybridized carbons (Fsp3) is 0.467. The van der Waals surface area contributed by atoms with E-state index in [0.717, 1.165) is 37.3 Å². The van der Waals surface area contributed by atoms with E-state index in [1.54, 1.807) is 24.3 Å². The normalized spacial score (nSPS) is 18.4. The van der Waals surface area contributed by atoms with Crippen molar-refractivity contribution in [2.45, 2.75) is 26.2 Å². The van der Waals surface area contributed by atoms with Crippen molar-refractivity contribution in [1.82, 2.24) is 5.32 Å². The van der Waals surface area contributed by atoms with Crippen LogP contribution in [0.4, 0.5) is 11.4 Å². The zero-order valence-electron chi connectivity index (χ0n) is 11.7. The van der Waals surface area contributed by atoms with Gasteiger partial charge < -0.3 is 16.0 Å². The number of anilines is 2. The summed E-state index contributed by atoms with van der Waals surface area (Å²) in [4.78, 5) is 23.3. The van der Waals surface area contributed by atoms with Crippen LogP contribution in [0.15, 0.2) is 24.3 Å². The van der Waals surface area contributed by atoms with Crippen LogP contribution in [0.25, 0.3) is 0 Å². The van der Waals surface area contributed by atoms with E-state index in [-0.39, 0.29) is 17.7 Å². The molecule has 1 saturated heterocycles. The van der Waals surface area contributed by atoms with Crippen molar-refractivity contribution in [3.05, 3.63) is 24.3 Å². The highest BCUT2D eigenvalue weighted by Crippen LogP contribution is 2.17. The Balaban J connectivity index is 1.89. The Morgan fingerprint density at radius 3 is 2.40 bits per heavy atom. The van der Waals surface area contributed by atoms with Crippen LogP contribution >= 0.6 is 0 Å². The second-order valence-electron chi connectivity index (χ2n) is 5.01. The lowest BCUT2D eigenvalue weighted by molar-refractivity contribution is -0.120. The summed E-state index contributed by atoms with van der Waals surface area (Å²) in [6, 6.07) is 7.20. The highest BCUT2D eigenvalue weighted by atomic mass is 16.2. The fourth-order valence-corrected chi connectivity index (χ4v) is 2.21. The van der Waals surface area contributed by atoms with Crippen LogP contribution in [-0.2, 0) is 9.59 Å². The van der Waals surface area contributed by atoms with E-state index < -0.39 is 0 Å². The number of carbonyl (C=O) groups excluding carboxylic acids is 2. The summed E-state index contributed by atoms with van der Waals surface area (Å²) in [6.07, 6.45) is 2.43. The van der Waals surface area contributed by atoms with Gasteiger partial charge in [0.05, 0.1) is 5.92 Å². The minimum absolute atomic E-state index is 0.0185. The molecule has 1 aliphatic heterocycles. The monoisotopic (exact) mass is 275 g/mol. The maximum absolute atomic E-state index is 12.1. The Labute approximate surface area is 119 Å². The summed E-state index contributed by atoms with van der Waals surface area (Å²) in [7, 11) is 0. The number of hydrogen-bond acceptors (Lipinski definition) is 3. The molecular weight excluding hydrogens is 254 g/mol. The standard InChI is InChI=1S/C15H21N3O2/c1-2-14(19)17-12-5-7-13(8-6-12)18-15(20)11-4-3-9-16-10-11/h5-8,11,16H,2-4,9-10H2,1H3,(H,17,19)(H,18,20). The van der Waals surface area contributed by atoms with E-state index in [1.165, 1.54) is 0 Å². The van der Waals surface area contributed by atoms with E-state index in [4.69, 9.17) is 0 Å². The first-order valence-electron chi connectivity index (χ1n) is 7.10. The van der Waals surface area contributed by atoms with Gasteiger partial charge in [-0.3, -0.25) is 9.59 Å². The van der Waals surface area contributed by atoms with E-state index in [2.05, 4.69) is 16.0 Å². The van der Waals surface area contributed by atoms with Gasteiger partial charge in [0, 0.05) is 24.3 Å². The summed E-state index contributed by atoms with van der Waals surface area (Å²) < 4.78 is 0. The molecule has 1 aliphatic rings. The third kappa shape index (κ3) is 4.06. The van der Waals surface area contributed by atoms with Crippen LogP contribution < -0.4 is 16.0 Å². The van der Waals surface area contributed by atoms with Crippen molar-refractivity contribution in [3.8, 4) is 0 Å². The van der Waals surface area contributed by atoms with Gasteiger partial charge in [0.15, 0.2) is 0 Å². The Kier molecular flexibility index (Phi) is 5.12. The average Bonchev–Trinajstić information content (AvgIpc) is 2.50. The number of benzene rings is 1. The molecular formula is C15H21N3O2. The van der Waals surface area contributed by atoms with Gasteiger partial charge in [0.25, 0.3) is 0 Å².